The predicted octanol–water partition coefficient (Wildman–Crippen LogP) is -1.42. The molecule has 2 aliphatic heterocycles. The van der Waals surface area contributed by atoms with E-state index in [2.05, 4.69) is 15.2 Å². The molecule has 0 radical (unpaired) electrons. The van der Waals surface area contributed by atoms with Crippen LogP contribution in [0.25, 0.3) is 0 Å². The van der Waals surface area contributed by atoms with Crippen molar-refractivity contribution >= 4 is 41.3 Å². The molecule has 10 nitrogen and oxygen atoms in total. The molecular formula is C11H12N6O4S2. The molecule has 1 saturated heterocycles. The Morgan fingerprint density at radius 3 is 2.87 bits per heavy atom. The number of carboxylic acid groups (broad SMARTS) is 1. The molecule has 2 amide bonds. The number of aromatic nitrogens is 3. The number of fused-ring (bicyclic) bond motifs is 1. The van der Waals surface area contributed by atoms with Gasteiger partial charge in [-0.15, -0.1) is 16.9 Å². The van der Waals surface area contributed by atoms with Crippen LogP contribution < -0.4 is 11.5 Å². The molecule has 0 spiro atoms. The molecule has 2 aliphatic rings. The summed E-state index contributed by atoms with van der Waals surface area (Å²) in [4.78, 5) is 39.4. The Bertz CT molecular complexity index is 732. The first-order valence-corrected chi connectivity index (χ1v) is 8.44. The zero-order chi connectivity index (χ0) is 16.7. The number of thioether (sulfide) groups is 2. The molecule has 3 heterocycles. The number of nitrogens with zero attached hydrogens (tertiary/aromatic N) is 3. The van der Waals surface area contributed by atoms with Crippen molar-refractivity contribution in [1.29, 1.82) is 0 Å². The Labute approximate surface area is 138 Å². The third-order valence-electron chi connectivity index (χ3n) is 3.36. The van der Waals surface area contributed by atoms with Gasteiger partial charge in [0.15, 0.2) is 0 Å². The van der Waals surface area contributed by atoms with E-state index in [1.165, 1.54) is 16.7 Å². The average molecular weight is 356 g/mol. The van der Waals surface area contributed by atoms with Crippen molar-refractivity contribution in [2.45, 2.75) is 16.6 Å². The van der Waals surface area contributed by atoms with Crippen LogP contribution in [0.15, 0.2) is 16.4 Å². The maximum atomic E-state index is 11.8. The van der Waals surface area contributed by atoms with Gasteiger partial charge in [0.2, 0.25) is 16.9 Å². The summed E-state index contributed by atoms with van der Waals surface area (Å²) in [5.41, 5.74) is 11.3. The van der Waals surface area contributed by atoms with Crippen LogP contribution in [0.5, 0.6) is 0 Å². The Kier molecular flexibility index (Phi) is 4.04. The maximum absolute atomic E-state index is 11.8. The number of aromatic amines is 1. The second kappa shape index (κ2) is 5.86. The Morgan fingerprint density at radius 1 is 1.52 bits per heavy atom. The van der Waals surface area contributed by atoms with E-state index in [0.717, 1.165) is 11.8 Å². The van der Waals surface area contributed by atoms with Gasteiger partial charge in [-0.25, -0.2) is 4.79 Å². The number of nitrogens with two attached hydrogens (primary N) is 2. The Balaban J connectivity index is 1.78. The number of carboxylic acids is 1. The fourth-order valence-electron chi connectivity index (χ4n) is 2.26. The molecule has 1 fully saturated rings. The normalized spacial score (nSPS) is 23.5. The van der Waals surface area contributed by atoms with Crippen molar-refractivity contribution < 1.29 is 19.5 Å². The number of rotatable bonds is 5. The highest BCUT2D eigenvalue weighted by molar-refractivity contribution is 8.01. The summed E-state index contributed by atoms with van der Waals surface area (Å²) in [5.74, 6) is -1.64. The first kappa shape index (κ1) is 15.8. The van der Waals surface area contributed by atoms with Gasteiger partial charge in [0, 0.05) is 11.5 Å². The summed E-state index contributed by atoms with van der Waals surface area (Å²) in [7, 11) is 0. The lowest BCUT2D eigenvalue weighted by atomic mass is 10.0. The fraction of sp³-hybridized carbons (Fsp3) is 0.364. The molecule has 0 saturated carbocycles. The van der Waals surface area contributed by atoms with Crippen LogP contribution in [-0.4, -0.2) is 65.9 Å². The fourth-order valence-corrected chi connectivity index (χ4v) is 4.49. The lowest BCUT2D eigenvalue weighted by Crippen LogP contribution is -2.68. The summed E-state index contributed by atoms with van der Waals surface area (Å²) in [5, 5.41) is 15.6. The second-order valence-electron chi connectivity index (χ2n) is 4.81. The SMILES string of the molecule is NC(=O)c1nc(SCC2=C(C(=O)O)N3C(=O)C(N)[C@@H]3SC2)n[nH]1. The lowest BCUT2D eigenvalue weighted by molar-refractivity contribution is -0.147. The van der Waals surface area contributed by atoms with Crippen LogP contribution in [0.4, 0.5) is 0 Å². The number of carbonyl (C=O) groups excluding carboxylic acids is 2. The number of β-lactam (4-membered cyclic amide) rings is 1. The predicted molar refractivity (Wildman–Crippen MR) is 81.4 cm³/mol. The minimum Gasteiger partial charge on any atom is -0.477 e. The molecule has 0 aromatic carbocycles. The van der Waals surface area contributed by atoms with Crippen molar-refractivity contribution in [3.05, 3.63) is 17.1 Å². The van der Waals surface area contributed by atoms with E-state index in [4.69, 9.17) is 11.5 Å². The third-order valence-corrected chi connectivity index (χ3v) is 5.66. The molecule has 1 aromatic rings. The van der Waals surface area contributed by atoms with E-state index in [1.807, 2.05) is 0 Å². The monoisotopic (exact) mass is 356 g/mol. The number of H-pyrrole nitrogens is 1. The topological polar surface area (TPSA) is 168 Å². The lowest BCUT2D eigenvalue weighted by Gasteiger charge is -2.48. The zero-order valence-electron chi connectivity index (χ0n) is 11.6. The Hall–Kier alpha value is -2.05. The van der Waals surface area contributed by atoms with Gasteiger partial charge >= 0.3 is 5.97 Å². The molecule has 1 unspecified atom stereocenters. The number of primary amides is 1. The molecule has 23 heavy (non-hydrogen) atoms. The highest BCUT2D eigenvalue weighted by Gasteiger charge is 2.51. The Morgan fingerprint density at radius 2 is 2.26 bits per heavy atom. The highest BCUT2D eigenvalue weighted by Crippen LogP contribution is 2.40. The molecule has 6 N–H and O–H groups in total. The summed E-state index contributed by atoms with van der Waals surface area (Å²) in [6.45, 7) is 0. The molecule has 3 rings (SSSR count). The van der Waals surface area contributed by atoms with Crippen molar-refractivity contribution in [2.24, 2.45) is 11.5 Å². The van der Waals surface area contributed by atoms with E-state index >= 15 is 0 Å². The molecule has 12 heteroatoms. The standard InChI is InChI=1S/C11H12N6O4S2/c12-4-8(19)17-5(10(20)21)3(1-22-9(4)17)2-23-11-14-7(6(13)18)15-16-11/h4,9H,1-2,12H2,(H2,13,18)(H,20,21)(H,14,15,16)/t4?,9-/m0/s1. The smallest absolute Gasteiger partial charge is 0.352 e. The van der Waals surface area contributed by atoms with Gasteiger partial charge in [-0.1, -0.05) is 11.8 Å². The van der Waals surface area contributed by atoms with Crippen molar-refractivity contribution in [3.63, 3.8) is 0 Å². The van der Waals surface area contributed by atoms with Crippen molar-refractivity contribution in [1.82, 2.24) is 20.1 Å². The van der Waals surface area contributed by atoms with E-state index in [1.54, 1.807) is 0 Å². The molecule has 0 bridgehead atoms. The van der Waals surface area contributed by atoms with E-state index < -0.39 is 23.8 Å². The van der Waals surface area contributed by atoms with Crippen LogP contribution in [0, 0.1) is 0 Å². The minimum atomic E-state index is -1.17. The van der Waals surface area contributed by atoms with Crippen molar-refractivity contribution in [3.8, 4) is 0 Å². The van der Waals surface area contributed by atoms with Gasteiger partial charge in [0.05, 0.1) is 0 Å². The third kappa shape index (κ3) is 2.68. The number of hydrogen-bond acceptors (Lipinski definition) is 8. The largest absolute Gasteiger partial charge is 0.477 e. The summed E-state index contributed by atoms with van der Waals surface area (Å²) in [6, 6.07) is -0.658. The quantitative estimate of drug-likeness (QED) is 0.365. The van der Waals surface area contributed by atoms with Gasteiger partial charge in [0.1, 0.15) is 17.1 Å². The van der Waals surface area contributed by atoms with Crippen LogP contribution >= 0.6 is 23.5 Å². The number of nitrogens with one attached hydrogen (secondary N) is 1. The van der Waals surface area contributed by atoms with Crippen LogP contribution in [-0.2, 0) is 9.59 Å². The zero-order valence-corrected chi connectivity index (χ0v) is 13.2. The van der Waals surface area contributed by atoms with Gasteiger partial charge in [-0.3, -0.25) is 19.6 Å². The van der Waals surface area contributed by atoms with E-state index in [0.29, 0.717) is 11.3 Å². The average Bonchev–Trinajstić information content (AvgIpc) is 3.00. The van der Waals surface area contributed by atoms with Gasteiger partial charge < -0.3 is 16.6 Å². The summed E-state index contributed by atoms with van der Waals surface area (Å²) < 4.78 is 0. The number of amides is 2. The van der Waals surface area contributed by atoms with Crippen molar-refractivity contribution in [2.75, 3.05) is 11.5 Å². The molecule has 2 atom stereocenters. The highest BCUT2D eigenvalue weighted by atomic mass is 32.2. The summed E-state index contributed by atoms with van der Waals surface area (Å²) in [6.07, 6.45) is 0. The van der Waals surface area contributed by atoms with Crippen LogP contribution in [0.3, 0.4) is 0 Å². The number of aliphatic carboxylic acids is 1. The molecule has 122 valence electrons. The first-order valence-electron chi connectivity index (χ1n) is 6.40. The van der Waals surface area contributed by atoms with E-state index in [-0.39, 0.29) is 27.8 Å². The maximum Gasteiger partial charge on any atom is 0.352 e. The number of hydrogen-bond donors (Lipinski definition) is 4. The minimum absolute atomic E-state index is 0.0291. The summed E-state index contributed by atoms with van der Waals surface area (Å²) >= 11 is 2.57. The first-order chi connectivity index (χ1) is 10.9. The van der Waals surface area contributed by atoms with E-state index in [9.17, 15) is 19.5 Å². The van der Waals surface area contributed by atoms with Gasteiger partial charge in [0.25, 0.3) is 5.91 Å². The number of carbonyl (C=O) groups is 3. The van der Waals surface area contributed by atoms with Gasteiger partial charge in [-0.2, -0.15) is 4.98 Å². The van der Waals surface area contributed by atoms with Crippen LogP contribution in [0.2, 0.25) is 0 Å². The molecule has 1 aromatic heterocycles. The second-order valence-corrected chi connectivity index (χ2v) is 6.86. The van der Waals surface area contributed by atoms with Crippen LogP contribution in [0.1, 0.15) is 10.6 Å². The molecular weight excluding hydrogens is 344 g/mol. The molecule has 0 aliphatic carbocycles. The van der Waals surface area contributed by atoms with Gasteiger partial charge in [-0.05, 0) is 5.57 Å².